The average Bonchev–Trinajstić information content (AvgIpc) is 3.18. The number of rotatable bonds is 8. The summed E-state index contributed by atoms with van der Waals surface area (Å²) in [6.45, 7) is 4.35. The number of hydrogen-bond acceptors (Lipinski definition) is 5. The zero-order valence-corrected chi connectivity index (χ0v) is 20.3. The van der Waals surface area contributed by atoms with Crippen LogP contribution in [0, 0.1) is 0 Å². The third-order valence-corrected chi connectivity index (χ3v) is 6.22. The topological polar surface area (TPSA) is 88.9 Å². The minimum absolute atomic E-state index is 0.0676. The van der Waals surface area contributed by atoms with Crippen LogP contribution in [0.25, 0.3) is 0 Å². The minimum atomic E-state index is -0.370. The minimum Gasteiger partial charge on any atom is -0.342 e. The van der Waals surface area contributed by atoms with E-state index in [1.807, 2.05) is 24.5 Å². The highest BCUT2D eigenvalue weighted by molar-refractivity contribution is 7.99. The highest BCUT2D eigenvalue weighted by Crippen LogP contribution is 2.34. The number of carbonyl (C=O) groups excluding carboxylic acids is 2. The molecule has 0 radical (unpaired) electrons. The molecule has 11 heteroatoms. The van der Waals surface area contributed by atoms with E-state index in [1.165, 1.54) is 23.9 Å². The monoisotopic (exact) mass is 511 g/mol. The molecule has 168 valence electrons. The molecule has 0 aliphatic rings. The van der Waals surface area contributed by atoms with E-state index >= 15 is 0 Å². The lowest BCUT2D eigenvalue weighted by Gasteiger charge is -2.15. The van der Waals surface area contributed by atoms with Gasteiger partial charge in [0, 0.05) is 17.1 Å². The number of benzene rings is 2. The fraction of sp³-hybridized carbons (Fsp3) is 0.238. The SMILES string of the molecule is CCn1c(SCC(=O)Nc2c(Cl)cc(Cl)cc2Cl)nnc1[C@@H](C)NC(=O)c1ccccc1. The van der Waals surface area contributed by atoms with E-state index in [2.05, 4.69) is 20.8 Å². The van der Waals surface area contributed by atoms with Gasteiger partial charge >= 0.3 is 0 Å². The number of aromatic nitrogens is 3. The van der Waals surface area contributed by atoms with Gasteiger partial charge in [-0.25, -0.2) is 0 Å². The predicted molar refractivity (Wildman–Crippen MR) is 129 cm³/mol. The number of anilines is 1. The van der Waals surface area contributed by atoms with Gasteiger partial charge in [0.25, 0.3) is 5.91 Å². The lowest BCUT2D eigenvalue weighted by atomic mass is 10.2. The average molecular weight is 513 g/mol. The van der Waals surface area contributed by atoms with Crippen LogP contribution in [0.4, 0.5) is 5.69 Å². The maximum Gasteiger partial charge on any atom is 0.251 e. The summed E-state index contributed by atoms with van der Waals surface area (Å²) in [6.07, 6.45) is 0. The molecule has 0 saturated heterocycles. The summed E-state index contributed by atoms with van der Waals surface area (Å²) in [6, 6.07) is 11.6. The Bertz CT molecular complexity index is 1100. The summed E-state index contributed by atoms with van der Waals surface area (Å²) in [4.78, 5) is 24.9. The molecule has 1 heterocycles. The summed E-state index contributed by atoms with van der Waals surface area (Å²) < 4.78 is 1.86. The molecule has 0 aliphatic carbocycles. The van der Waals surface area contributed by atoms with E-state index in [4.69, 9.17) is 34.8 Å². The number of halogens is 3. The van der Waals surface area contributed by atoms with Crippen molar-refractivity contribution in [3.63, 3.8) is 0 Å². The maximum absolute atomic E-state index is 12.4. The highest BCUT2D eigenvalue weighted by atomic mass is 35.5. The second-order valence-electron chi connectivity index (χ2n) is 6.73. The van der Waals surface area contributed by atoms with Gasteiger partial charge in [-0.1, -0.05) is 64.8 Å². The van der Waals surface area contributed by atoms with Gasteiger partial charge in [0.1, 0.15) is 0 Å². The van der Waals surface area contributed by atoms with Crippen LogP contribution in [-0.4, -0.2) is 32.3 Å². The molecule has 3 aromatic rings. The third kappa shape index (κ3) is 5.95. The Hall–Kier alpha value is -2.26. The Morgan fingerprint density at radius 1 is 1.09 bits per heavy atom. The van der Waals surface area contributed by atoms with Gasteiger partial charge in [0.05, 0.1) is 27.5 Å². The molecule has 1 atom stereocenters. The molecule has 32 heavy (non-hydrogen) atoms. The number of thioether (sulfide) groups is 1. The van der Waals surface area contributed by atoms with Crippen LogP contribution in [0.3, 0.4) is 0 Å². The molecule has 2 N–H and O–H groups in total. The van der Waals surface area contributed by atoms with Crippen molar-refractivity contribution in [1.29, 1.82) is 0 Å². The molecule has 0 bridgehead atoms. The van der Waals surface area contributed by atoms with Crippen LogP contribution in [0.15, 0.2) is 47.6 Å². The zero-order valence-electron chi connectivity index (χ0n) is 17.2. The van der Waals surface area contributed by atoms with E-state index in [0.717, 1.165) is 0 Å². The summed E-state index contributed by atoms with van der Waals surface area (Å²) in [5.74, 6) is 0.161. The zero-order chi connectivity index (χ0) is 23.3. The van der Waals surface area contributed by atoms with Crippen molar-refractivity contribution >= 4 is 64.1 Å². The highest BCUT2D eigenvalue weighted by Gasteiger charge is 2.20. The Kier molecular flexibility index (Phi) is 8.42. The number of nitrogens with zero attached hydrogens (tertiary/aromatic N) is 3. The van der Waals surface area contributed by atoms with Gasteiger partial charge in [0.2, 0.25) is 5.91 Å². The largest absolute Gasteiger partial charge is 0.342 e. The van der Waals surface area contributed by atoms with Crippen molar-refractivity contribution < 1.29 is 9.59 Å². The summed E-state index contributed by atoms with van der Waals surface area (Å²) >= 11 is 19.3. The van der Waals surface area contributed by atoms with Crippen molar-refractivity contribution in [2.75, 3.05) is 11.1 Å². The van der Waals surface area contributed by atoms with E-state index in [9.17, 15) is 9.59 Å². The Balaban J connectivity index is 1.64. The molecule has 0 fully saturated rings. The third-order valence-electron chi connectivity index (χ3n) is 4.44. The van der Waals surface area contributed by atoms with E-state index in [0.29, 0.717) is 33.8 Å². The van der Waals surface area contributed by atoms with Crippen molar-refractivity contribution in [2.24, 2.45) is 0 Å². The lowest BCUT2D eigenvalue weighted by Crippen LogP contribution is -2.28. The molecule has 0 spiro atoms. The number of nitrogens with one attached hydrogen (secondary N) is 2. The van der Waals surface area contributed by atoms with Gasteiger partial charge < -0.3 is 15.2 Å². The molecule has 7 nitrogen and oxygen atoms in total. The van der Waals surface area contributed by atoms with Gasteiger partial charge in [-0.2, -0.15) is 0 Å². The fourth-order valence-electron chi connectivity index (χ4n) is 2.93. The first kappa shape index (κ1) is 24.4. The molecule has 0 unspecified atom stereocenters. The molecule has 1 aromatic heterocycles. The molecular weight excluding hydrogens is 493 g/mol. The van der Waals surface area contributed by atoms with Crippen LogP contribution in [0.1, 0.15) is 36.1 Å². The second kappa shape index (κ2) is 11.0. The molecular formula is C21H20Cl3N5O2S. The summed E-state index contributed by atoms with van der Waals surface area (Å²) in [5.41, 5.74) is 0.867. The summed E-state index contributed by atoms with van der Waals surface area (Å²) in [5, 5.41) is 15.5. The van der Waals surface area contributed by atoms with Crippen LogP contribution in [0.5, 0.6) is 0 Å². The number of hydrogen-bond donors (Lipinski definition) is 2. The normalized spacial score (nSPS) is 11.8. The van der Waals surface area contributed by atoms with E-state index in [1.54, 1.807) is 24.3 Å². The van der Waals surface area contributed by atoms with Gasteiger partial charge in [-0.05, 0) is 38.1 Å². The van der Waals surface area contributed by atoms with Gasteiger partial charge in [0.15, 0.2) is 11.0 Å². The van der Waals surface area contributed by atoms with Crippen LogP contribution in [-0.2, 0) is 11.3 Å². The molecule has 0 aliphatic heterocycles. The van der Waals surface area contributed by atoms with E-state index < -0.39 is 0 Å². The van der Waals surface area contributed by atoms with Crippen LogP contribution < -0.4 is 10.6 Å². The number of carbonyl (C=O) groups is 2. The van der Waals surface area contributed by atoms with Gasteiger partial charge in [-0.15, -0.1) is 10.2 Å². The first-order valence-electron chi connectivity index (χ1n) is 9.66. The first-order valence-corrected chi connectivity index (χ1v) is 11.8. The molecule has 2 aromatic carbocycles. The molecule has 0 saturated carbocycles. The van der Waals surface area contributed by atoms with Crippen molar-refractivity contribution in [2.45, 2.75) is 31.6 Å². The van der Waals surface area contributed by atoms with Crippen molar-refractivity contribution in [3.05, 3.63) is 68.9 Å². The maximum atomic E-state index is 12.4. The smallest absolute Gasteiger partial charge is 0.251 e. The standard InChI is InChI=1S/C21H20Cl3N5O2S/c1-3-29-19(12(2)25-20(31)13-7-5-4-6-8-13)27-28-21(29)32-11-17(30)26-18-15(23)9-14(22)10-16(18)24/h4-10,12H,3,11H2,1-2H3,(H,25,31)(H,26,30)/t12-/m1/s1. The van der Waals surface area contributed by atoms with E-state index in [-0.39, 0.29) is 33.7 Å². The first-order chi connectivity index (χ1) is 15.3. The fourth-order valence-corrected chi connectivity index (χ4v) is 4.65. The van der Waals surface area contributed by atoms with Crippen LogP contribution >= 0.6 is 46.6 Å². The Morgan fingerprint density at radius 3 is 2.38 bits per heavy atom. The second-order valence-corrected chi connectivity index (χ2v) is 8.92. The molecule has 2 amide bonds. The Morgan fingerprint density at radius 2 is 1.75 bits per heavy atom. The van der Waals surface area contributed by atoms with Gasteiger partial charge in [-0.3, -0.25) is 9.59 Å². The predicted octanol–water partition coefficient (Wildman–Crippen LogP) is 5.48. The van der Waals surface area contributed by atoms with Crippen molar-refractivity contribution in [3.8, 4) is 0 Å². The van der Waals surface area contributed by atoms with Crippen molar-refractivity contribution in [1.82, 2.24) is 20.1 Å². The molecule has 3 rings (SSSR count). The Labute approximate surface area is 204 Å². The summed E-state index contributed by atoms with van der Waals surface area (Å²) in [7, 11) is 0. The quantitative estimate of drug-likeness (QED) is 0.390. The number of amides is 2. The lowest BCUT2D eigenvalue weighted by molar-refractivity contribution is -0.113. The van der Waals surface area contributed by atoms with Crippen LogP contribution in [0.2, 0.25) is 15.1 Å².